The molecular formula is C7H13N3O. The monoisotopic (exact) mass is 155 g/mol. The Kier molecular flexibility index (Phi) is 2.46. The van der Waals surface area contributed by atoms with Crippen molar-refractivity contribution < 1.29 is 4.42 Å². The van der Waals surface area contributed by atoms with Crippen LogP contribution < -0.4 is 5.32 Å². The fraction of sp³-hybridized carbons (Fsp3) is 0.714. The van der Waals surface area contributed by atoms with Crippen molar-refractivity contribution in [3.63, 3.8) is 0 Å². The Morgan fingerprint density at radius 1 is 1.45 bits per heavy atom. The largest absolute Gasteiger partial charge is 0.408 e. The van der Waals surface area contributed by atoms with Crippen LogP contribution in [0.2, 0.25) is 0 Å². The number of nitrogens with zero attached hydrogens (tertiary/aromatic N) is 2. The van der Waals surface area contributed by atoms with Gasteiger partial charge in [-0.05, 0) is 13.8 Å². The van der Waals surface area contributed by atoms with Gasteiger partial charge in [0.25, 0.3) is 0 Å². The molecule has 1 heterocycles. The molecule has 4 nitrogen and oxygen atoms in total. The lowest BCUT2D eigenvalue weighted by Gasteiger charge is -2.01. The smallest absolute Gasteiger partial charge is 0.315 e. The second kappa shape index (κ2) is 3.37. The molecule has 0 spiro atoms. The first kappa shape index (κ1) is 8.04. The third-order valence-electron chi connectivity index (χ3n) is 1.18. The van der Waals surface area contributed by atoms with E-state index < -0.39 is 0 Å². The molecule has 1 aromatic heterocycles. The molecule has 0 bridgehead atoms. The van der Waals surface area contributed by atoms with Crippen molar-refractivity contribution in [3.05, 3.63) is 5.89 Å². The fourth-order valence-electron chi connectivity index (χ4n) is 0.702. The van der Waals surface area contributed by atoms with E-state index in [9.17, 15) is 0 Å². The number of hydrogen-bond acceptors (Lipinski definition) is 4. The number of rotatable bonds is 3. The van der Waals surface area contributed by atoms with Gasteiger partial charge < -0.3 is 9.73 Å². The Balaban J connectivity index is 2.58. The van der Waals surface area contributed by atoms with E-state index in [0.29, 0.717) is 17.9 Å². The zero-order valence-corrected chi connectivity index (χ0v) is 7.09. The lowest BCUT2D eigenvalue weighted by atomic mass is 10.4. The van der Waals surface area contributed by atoms with Crippen molar-refractivity contribution in [1.29, 1.82) is 0 Å². The molecule has 0 saturated heterocycles. The summed E-state index contributed by atoms with van der Waals surface area (Å²) in [7, 11) is 0. The maximum atomic E-state index is 5.21. The average Bonchev–Trinajstić information content (AvgIpc) is 2.34. The first-order valence-electron chi connectivity index (χ1n) is 3.81. The summed E-state index contributed by atoms with van der Waals surface area (Å²) in [5, 5.41) is 10.6. The Morgan fingerprint density at radius 3 is 2.64 bits per heavy atom. The minimum atomic E-state index is 0.333. The van der Waals surface area contributed by atoms with Gasteiger partial charge in [-0.2, -0.15) is 0 Å². The molecule has 11 heavy (non-hydrogen) atoms. The maximum absolute atomic E-state index is 5.21. The second-order valence-corrected chi connectivity index (χ2v) is 2.65. The molecule has 0 atom stereocenters. The van der Waals surface area contributed by atoms with Gasteiger partial charge in [-0.3, -0.25) is 0 Å². The number of aryl methyl sites for hydroxylation is 1. The molecule has 0 unspecified atom stereocenters. The zero-order valence-electron chi connectivity index (χ0n) is 7.09. The Bertz CT molecular complexity index is 219. The first-order valence-corrected chi connectivity index (χ1v) is 3.81. The summed E-state index contributed by atoms with van der Waals surface area (Å²) in [4.78, 5) is 0. The summed E-state index contributed by atoms with van der Waals surface area (Å²) in [5.74, 6) is 0.674. The summed E-state index contributed by atoms with van der Waals surface area (Å²) in [5.41, 5.74) is 0. The third-order valence-corrected chi connectivity index (χ3v) is 1.18. The van der Waals surface area contributed by atoms with Crippen molar-refractivity contribution in [1.82, 2.24) is 10.2 Å². The minimum absolute atomic E-state index is 0.333. The molecule has 1 aromatic rings. The van der Waals surface area contributed by atoms with Gasteiger partial charge in [-0.15, -0.1) is 5.10 Å². The Hall–Kier alpha value is -1.06. The fourth-order valence-corrected chi connectivity index (χ4v) is 0.702. The van der Waals surface area contributed by atoms with E-state index in [0.717, 1.165) is 6.42 Å². The van der Waals surface area contributed by atoms with E-state index in [4.69, 9.17) is 4.42 Å². The number of aromatic nitrogens is 2. The number of hydrogen-bond donors (Lipinski definition) is 1. The van der Waals surface area contributed by atoms with Crippen molar-refractivity contribution in [2.75, 3.05) is 5.32 Å². The van der Waals surface area contributed by atoms with Crippen LogP contribution >= 0.6 is 0 Å². The van der Waals surface area contributed by atoms with E-state index in [1.807, 2.05) is 20.8 Å². The summed E-state index contributed by atoms with van der Waals surface area (Å²) in [6.07, 6.45) is 0.784. The quantitative estimate of drug-likeness (QED) is 0.717. The van der Waals surface area contributed by atoms with Gasteiger partial charge >= 0.3 is 6.01 Å². The lowest BCUT2D eigenvalue weighted by Crippen LogP contribution is -2.09. The summed E-state index contributed by atoms with van der Waals surface area (Å²) < 4.78 is 5.21. The molecule has 62 valence electrons. The molecule has 1 N–H and O–H groups in total. The van der Waals surface area contributed by atoms with Gasteiger partial charge in [-0.1, -0.05) is 12.0 Å². The van der Waals surface area contributed by atoms with Gasteiger partial charge in [0.15, 0.2) is 0 Å². The zero-order chi connectivity index (χ0) is 8.27. The third kappa shape index (κ3) is 2.22. The van der Waals surface area contributed by atoms with Gasteiger partial charge in [0.05, 0.1) is 0 Å². The van der Waals surface area contributed by atoms with Crippen LogP contribution in [0.25, 0.3) is 0 Å². The first-order chi connectivity index (χ1) is 5.22. The summed E-state index contributed by atoms with van der Waals surface area (Å²) >= 11 is 0. The van der Waals surface area contributed by atoms with Crippen LogP contribution in [0.15, 0.2) is 4.42 Å². The van der Waals surface area contributed by atoms with Crippen molar-refractivity contribution in [2.45, 2.75) is 33.2 Å². The van der Waals surface area contributed by atoms with Crippen LogP contribution in [-0.4, -0.2) is 16.2 Å². The Labute approximate surface area is 66.0 Å². The van der Waals surface area contributed by atoms with Crippen LogP contribution in [0.5, 0.6) is 0 Å². The highest BCUT2D eigenvalue weighted by Crippen LogP contribution is 2.06. The van der Waals surface area contributed by atoms with Crippen LogP contribution in [0, 0.1) is 0 Å². The van der Waals surface area contributed by atoms with Gasteiger partial charge in [0.2, 0.25) is 5.89 Å². The number of nitrogens with one attached hydrogen (secondary N) is 1. The SMILES string of the molecule is CCc1nnc(NC(C)C)o1. The predicted octanol–water partition coefficient (Wildman–Crippen LogP) is 1.45. The maximum Gasteiger partial charge on any atom is 0.315 e. The van der Waals surface area contributed by atoms with Gasteiger partial charge in [-0.25, -0.2) is 0 Å². The molecule has 1 rings (SSSR count). The second-order valence-electron chi connectivity index (χ2n) is 2.65. The standard InChI is InChI=1S/C7H13N3O/c1-4-6-9-10-7(11-6)8-5(2)3/h5H,4H2,1-3H3,(H,8,10). The van der Waals surface area contributed by atoms with Crippen molar-refractivity contribution >= 4 is 6.01 Å². The highest BCUT2D eigenvalue weighted by Gasteiger charge is 2.03. The van der Waals surface area contributed by atoms with Gasteiger partial charge in [0.1, 0.15) is 0 Å². The average molecular weight is 155 g/mol. The van der Waals surface area contributed by atoms with Gasteiger partial charge in [0, 0.05) is 12.5 Å². The molecule has 0 aliphatic rings. The highest BCUT2D eigenvalue weighted by atomic mass is 16.4. The molecule has 4 heteroatoms. The van der Waals surface area contributed by atoms with E-state index in [1.165, 1.54) is 0 Å². The lowest BCUT2D eigenvalue weighted by molar-refractivity contribution is 0.508. The van der Waals surface area contributed by atoms with E-state index in [1.54, 1.807) is 0 Å². The molecule has 0 aliphatic heterocycles. The van der Waals surface area contributed by atoms with E-state index in [2.05, 4.69) is 15.5 Å². The van der Waals surface area contributed by atoms with Crippen LogP contribution in [0.3, 0.4) is 0 Å². The summed E-state index contributed by atoms with van der Waals surface area (Å²) in [6, 6.07) is 0.844. The molecule has 0 amide bonds. The molecular weight excluding hydrogens is 142 g/mol. The normalized spacial score (nSPS) is 10.5. The van der Waals surface area contributed by atoms with Crippen LogP contribution in [0.1, 0.15) is 26.7 Å². The van der Waals surface area contributed by atoms with Crippen molar-refractivity contribution in [3.8, 4) is 0 Å². The summed E-state index contributed by atoms with van der Waals surface area (Å²) in [6.45, 7) is 6.03. The highest BCUT2D eigenvalue weighted by molar-refractivity contribution is 5.17. The van der Waals surface area contributed by atoms with E-state index in [-0.39, 0.29) is 0 Å². The molecule has 0 fully saturated rings. The van der Waals surface area contributed by atoms with Crippen LogP contribution in [0.4, 0.5) is 6.01 Å². The molecule has 0 saturated carbocycles. The topological polar surface area (TPSA) is 51.0 Å². The Morgan fingerprint density at radius 2 is 2.18 bits per heavy atom. The molecule has 0 aliphatic carbocycles. The van der Waals surface area contributed by atoms with E-state index >= 15 is 0 Å². The molecule has 0 radical (unpaired) electrons. The van der Waals surface area contributed by atoms with Crippen LogP contribution in [-0.2, 0) is 6.42 Å². The van der Waals surface area contributed by atoms with Crippen molar-refractivity contribution in [2.24, 2.45) is 0 Å². The predicted molar refractivity (Wildman–Crippen MR) is 42.4 cm³/mol. The number of anilines is 1. The molecule has 0 aromatic carbocycles. The minimum Gasteiger partial charge on any atom is -0.408 e.